The number of aromatic nitrogens is 1. The zero-order valence-electron chi connectivity index (χ0n) is 13.1. The van der Waals surface area contributed by atoms with Crippen LogP contribution in [0, 0.1) is 11.3 Å². The maximum Gasteiger partial charge on any atom is 0.416 e. The number of rotatable bonds is 2. The van der Waals surface area contributed by atoms with Gasteiger partial charge in [0.2, 0.25) is 0 Å². The molecular formula is C17H14ClF3N4. The van der Waals surface area contributed by atoms with E-state index in [1.165, 1.54) is 12.1 Å². The van der Waals surface area contributed by atoms with Gasteiger partial charge in [-0.25, -0.2) is 4.98 Å². The molecule has 1 aromatic heterocycles. The Bertz CT molecular complexity index is 808. The number of nitriles is 1. The molecule has 2 heterocycles. The lowest BCUT2D eigenvalue weighted by atomic mass is 10.1. The van der Waals surface area contributed by atoms with Crippen molar-refractivity contribution in [1.82, 2.24) is 4.98 Å². The first-order valence-electron chi connectivity index (χ1n) is 7.62. The molecule has 0 spiro atoms. The normalized spacial score (nSPS) is 15.2. The Morgan fingerprint density at radius 1 is 1.04 bits per heavy atom. The number of hydrogen-bond donors (Lipinski definition) is 0. The Hall–Kier alpha value is -2.46. The maximum atomic E-state index is 12.9. The van der Waals surface area contributed by atoms with Gasteiger partial charge in [-0.2, -0.15) is 18.4 Å². The monoisotopic (exact) mass is 366 g/mol. The molecule has 1 aliphatic heterocycles. The summed E-state index contributed by atoms with van der Waals surface area (Å²) >= 11 is 5.89. The average Bonchev–Trinajstić information content (AvgIpc) is 2.62. The van der Waals surface area contributed by atoms with Crippen LogP contribution in [-0.4, -0.2) is 31.2 Å². The Balaban J connectivity index is 1.71. The van der Waals surface area contributed by atoms with Crippen LogP contribution in [0.4, 0.5) is 24.7 Å². The number of piperazine rings is 1. The summed E-state index contributed by atoms with van der Waals surface area (Å²) in [6.45, 7) is 2.31. The summed E-state index contributed by atoms with van der Waals surface area (Å²) in [4.78, 5) is 8.12. The standard InChI is InChI=1S/C17H14ClF3N4/c18-14-4-5-16(23-15(14)11-22)25-8-6-24(7-9-25)13-3-1-2-12(10-13)17(19,20)21/h1-5,10H,6-9H2. The summed E-state index contributed by atoms with van der Waals surface area (Å²) in [5, 5.41) is 9.31. The molecule has 3 rings (SSSR count). The first-order valence-corrected chi connectivity index (χ1v) is 8.00. The Kier molecular flexibility index (Phi) is 4.73. The van der Waals surface area contributed by atoms with E-state index in [-0.39, 0.29) is 5.69 Å². The topological polar surface area (TPSA) is 43.2 Å². The summed E-state index contributed by atoms with van der Waals surface area (Å²) in [6, 6.07) is 10.7. The van der Waals surface area contributed by atoms with Crippen molar-refractivity contribution < 1.29 is 13.2 Å². The second-order valence-electron chi connectivity index (χ2n) is 5.63. The van der Waals surface area contributed by atoms with Crippen molar-refractivity contribution in [3.8, 4) is 6.07 Å². The smallest absolute Gasteiger partial charge is 0.368 e. The Morgan fingerprint density at radius 2 is 1.72 bits per heavy atom. The van der Waals surface area contributed by atoms with Gasteiger partial charge < -0.3 is 9.80 Å². The second-order valence-corrected chi connectivity index (χ2v) is 6.04. The van der Waals surface area contributed by atoms with Crippen molar-refractivity contribution in [3.05, 3.63) is 52.7 Å². The number of halogens is 4. The van der Waals surface area contributed by atoms with Gasteiger partial charge in [-0.15, -0.1) is 0 Å². The van der Waals surface area contributed by atoms with Crippen molar-refractivity contribution >= 4 is 23.1 Å². The van der Waals surface area contributed by atoms with Gasteiger partial charge in [-0.3, -0.25) is 0 Å². The van der Waals surface area contributed by atoms with Crippen molar-refractivity contribution in [2.75, 3.05) is 36.0 Å². The molecule has 0 N–H and O–H groups in total. The minimum Gasteiger partial charge on any atom is -0.368 e. The van der Waals surface area contributed by atoms with Gasteiger partial charge in [0.25, 0.3) is 0 Å². The van der Waals surface area contributed by atoms with Crippen LogP contribution in [-0.2, 0) is 6.18 Å². The second kappa shape index (κ2) is 6.81. The van der Waals surface area contributed by atoms with Crippen LogP contribution in [0.25, 0.3) is 0 Å². The van der Waals surface area contributed by atoms with Gasteiger partial charge in [0.05, 0.1) is 10.6 Å². The van der Waals surface area contributed by atoms with E-state index in [1.807, 2.05) is 15.9 Å². The van der Waals surface area contributed by atoms with Gasteiger partial charge in [0.1, 0.15) is 11.9 Å². The number of hydrogen-bond acceptors (Lipinski definition) is 4. The first-order chi connectivity index (χ1) is 11.9. The molecule has 25 heavy (non-hydrogen) atoms. The zero-order chi connectivity index (χ0) is 18.0. The van der Waals surface area contributed by atoms with Crippen LogP contribution < -0.4 is 9.80 Å². The van der Waals surface area contributed by atoms with E-state index in [0.717, 1.165) is 6.07 Å². The van der Waals surface area contributed by atoms with E-state index in [9.17, 15) is 13.2 Å². The number of pyridine rings is 1. The lowest BCUT2D eigenvalue weighted by Gasteiger charge is -2.37. The molecule has 0 saturated carbocycles. The van der Waals surface area contributed by atoms with Gasteiger partial charge in [-0.05, 0) is 30.3 Å². The van der Waals surface area contributed by atoms with E-state index >= 15 is 0 Å². The predicted molar refractivity (Wildman–Crippen MR) is 89.8 cm³/mol. The zero-order valence-corrected chi connectivity index (χ0v) is 13.8. The molecule has 0 atom stereocenters. The highest BCUT2D eigenvalue weighted by atomic mass is 35.5. The lowest BCUT2D eigenvalue weighted by Crippen LogP contribution is -2.46. The van der Waals surface area contributed by atoms with Crippen molar-refractivity contribution in [2.24, 2.45) is 0 Å². The van der Waals surface area contributed by atoms with Crippen LogP contribution in [0.5, 0.6) is 0 Å². The summed E-state index contributed by atoms with van der Waals surface area (Å²) in [6.07, 6.45) is -4.35. The van der Waals surface area contributed by atoms with Gasteiger partial charge in [-0.1, -0.05) is 17.7 Å². The Labute approximate surface area is 148 Å². The Morgan fingerprint density at radius 3 is 2.36 bits per heavy atom. The summed E-state index contributed by atoms with van der Waals surface area (Å²) in [5.74, 6) is 0.643. The molecule has 130 valence electrons. The average molecular weight is 367 g/mol. The van der Waals surface area contributed by atoms with Crippen LogP contribution >= 0.6 is 11.6 Å². The number of nitrogens with zero attached hydrogens (tertiary/aromatic N) is 4. The third-order valence-corrected chi connectivity index (χ3v) is 4.38. The molecule has 4 nitrogen and oxygen atoms in total. The third-order valence-electron chi connectivity index (χ3n) is 4.08. The largest absolute Gasteiger partial charge is 0.416 e. The lowest BCUT2D eigenvalue weighted by molar-refractivity contribution is -0.137. The van der Waals surface area contributed by atoms with E-state index in [4.69, 9.17) is 16.9 Å². The van der Waals surface area contributed by atoms with Crippen LogP contribution in [0.1, 0.15) is 11.3 Å². The molecule has 0 radical (unpaired) electrons. The predicted octanol–water partition coefficient (Wildman–Crippen LogP) is 3.95. The van der Waals surface area contributed by atoms with E-state index < -0.39 is 11.7 Å². The van der Waals surface area contributed by atoms with Gasteiger partial charge >= 0.3 is 6.18 Å². The molecule has 8 heteroatoms. The van der Waals surface area contributed by atoms with Crippen LogP contribution in [0.3, 0.4) is 0 Å². The van der Waals surface area contributed by atoms with Gasteiger partial charge in [0, 0.05) is 31.9 Å². The van der Waals surface area contributed by atoms with E-state index in [2.05, 4.69) is 4.98 Å². The van der Waals surface area contributed by atoms with Crippen LogP contribution in [0.15, 0.2) is 36.4 Å². The SMILES string of the molecule is N#Cc1nc(N2CCN(c3cccc(C(F)(F)F)c3)CC2)ccc1Cl. The highest BCUT2D eigenvalue weighted by Gasteiger charge is 2.31. The summed E-state index contributed by atoms with van der Waals surface area (Å²) in [5.41, 5.74) is 0.0705. The molecule has 1 aliphatic rings. The quantitative estimate of drug-likeness (QED) is 0.807. The van der Waals surface area contributed by atoms with Crippen LogP contribution in [0.2, 0.25) is 5.02 Å². The fraction of sp³-hybridized carbons (Fsp3) is 0.294. The molecule has 0 aliphatic carbocycles. The highest BCUT2D eigenvalue weighted by molar-refractivity contribution is 6.31. The maximum absolute atomic E-state index is 12.9. The third kappa shape index (κ3) is 3.80. The molecule has 0 bridgehead atoms. The van der Waals surface area contributed by atoms with E-state index in [0.29, 0.717) is 42.7 Å². The summed E-state index contributed by atoms with van der Waals surface area (Å²) < 4.78 is 38.6. The molecule has 1 saturated heterocycles. The molecule has 1 aromatic carbocycles. The molecule has 2 aromatic rings. The molecule has 0 amide bonds. The van der Waals surface area contributed by atoms with Crippen molar-refractivity contribution in [2.45, 2.75) is 6.18 Å². The molecule has 1 fully saturated rings. The number of alkyl halides is 3. The summed E-state index contributed by atoms with van der Waals surface area (Å²) in [7, 11) is 0. The minimum atomic E-state index is -4.35. The first kappa shape index (κ1) is 17.4. The fourth-order valence-electron chi connectivity index (χ4n) is 2.76. The van der Waals surface area contributed by atoms with Gasteiger partial charge in [0.15, 0.2) is 5.69 Å². The minimum absolute atomic E-state index is 0.166. The molecular weight excluding hydrogens is 353 g/mol. The highest BCUT2D eigenvalue weighted by Crippen LogP contribution is 2.32. The van der Waals surface area contributed by atoms with Crippen molar-refractivity contribution in [1.29, 1.82) is 5.26 Å². The number of benzene rings is 1. The fourth-order valence-corrected chi connectivity index (χ4v) is 2.91. The number of anilines is 2. The van der Waals surface area contributed by atoms with E-state index in [1.54, 1.807) is 18.2 Å². The molecule has 0 unspecified atom stereocenters. The van der Waals surface area contributed by atoms with Crippen molar-refractivity contribution in [3.63, 3.8) is 0 Å².